The number of amides is 2. The number of hydrogen-bond donors (Lipinski definition) is 3. The third kappa shape index (κ3) is 4.75. The van der Waals surface area contributed by atoms with Crippen LogP contribution in [0.15, 0.2) is 24.4 Å². The first kappa shape index (κ1) is 24.7. The van der Waals surface area contributed by atoms with Crippen LogP contribution in [0.1, 0.15) is 59.4 Å². The van der Waals surface area contributed by atoms with Gasteiger partial charge in [-0.3, -0.25) is 9.48 Å². The Balaban J connectivity index is 1.40. The Kier molecular flexibility index (Phi) is 6.82. The molecular formula is C27H33N7O3. The van der Waals surface area contributed by atoms with Crippen LogP contribution in [0, 0.1) is 0 Å². The van der Waals surface area contributed by atoms with Gasteiger partial charge < -0.3 is 20.6 Å². The summed E-state index contributed by atoms with van der Waals surface area (Å²) >= 11 is 0. The predicted molar refractivity (Wildman–Crippen MR) is 141 cm³/mol. The van der Waals surface area contributed by atoms with Crippen LogP contribution < -0.4 is 10.6 Å². The molecule has 3 N–H and O–H groups in total. The Labute approximate surface area is 216 Å². The van der Waals surface area contributed by atoms with Gasteiger partial charge in [-0.05, 0) is 55.2 Å². The molecule has 10 heteroatoms. The van der Waals surface area contributed by atoms with Crippen molar-refractivity contribution in [2.45, 2.75) is 58.4 Å². The second-order valence-corrected chi connectivity index (χ2v) is 9.67. The van der Waals surface area contributed by atoms with Crippen molar-refractivity contribution in [2.24, 2.45) is 7.05 Å². The number of piperidine rings is 1. The molecule has 0 unspecified atom stereocenters. The van der Waals surface area contributed by atoms with E-state index in [1.807, 2.05) is 19.3 Å². The lowest BCUT2D eigenvalue weighted by Crippen LogP contribution is -2.41. The first-order chi connectivity index (χ1) is 17.9. The van der Waals surface area contributed by atoms with Gasteiger partial charge in [-0.1, -0.05) is 32.0 Å². The van der Waals surface area contributed by atoms with Crippen LogP contribution in [0.3, 0.4) is 0 Å². The molecule has 3 aromatic rings. The van der Waals surface area contributed by atoms with E-state index in [-0.39, 0.29) is 11.9 Å². The lowest BCUT2D eigenvalue weighted by atomic mass is 9.93. The molecule has 10 nitrogen and oxygen atoms in total. The molecule has 1 aliphatic heterocycles. The van der Waals surface area contributed by atoms with Gasteiger partial charge in [0.2, 0.25) is 5.95 Å². The van der Waals surface area contributed by atoms with Crippen molar-refractivity contribution in [3.05, 3.63) is 52.3 Å². The van der Waals surface area contributed by atoms with Gasteiger partial charge in [0.25, 0.3) is 5.91 Å². The average molecular weight is 504 g/mol. The van der Waals surface area contributed by atoms with Crippen LogP contribution in [0.5, 0.6) is 0 Å². The maximum absolute atomic E-state index is 13.5. The van der Waals surface area contributed by atoms with E-state index < -0.39 is 6.09 Å². The lowest BCUT2D eigenvalue weighted by Gasteiger charge is -2.30. The van der Waals surface area contributed by atoms with Crippen molar-refractivity contribution in [1.82, 2.24) is 24.6 Å². The van der Waals surface area contributed by atoms with Gasteiger partial charge in [0.05, 0.1) is 11.4 Å². The standard InChI is InChI=1S/C27H33N7O3/c1-4-16-7-6-8-17(5-2)21(16)30-25(35)23-20-10-9-18-15-28-26(31-22(18)24(20)33(3)32-23)29-19-11-13-34(14-12-19)27(36)37/h6-8,15,19H,4-5,9-14H2,1-3H3,(H,30,35)(H,36,37)(H,28,29,31). The number of para-hydroxylation sites is 1. The molecule has 1 saturated heterocycles. The van der Waals surface area contributed by atoms with E-state index in [9.17, 15) is 14.7 Å². The lowest BCUT2D eigenvalue weighted by molar-refractivity contribution is 0.102. The van der Waals surface area contributed by atoms with Gasteiger partial charge in [-0.25, -0.2) is 14.8 Å². The molecule has 1 aromatic carbocycles. The molecule has 1 fully saturated rings. The monoisotopic (exact) mass is 503 g/mol. The van der Waals surface area contributed by atoms with Gasteiger partial charge in [0, 0.05) is 43.6 Å². The zero-order chi connectivity index (χ0) is 26.1. The van der Waals surface area contributed by atoms with E-state index in [0.717, 1.165) is 58.6 Å². The number of aryl methyl sites for hydroxylation is 4. The second kappa shape index (κ2) is 10.2. The molecule has 0 atom stereocenters. The number of nitrogens with one attached hydrogen (secondary N) is 2. The summed E-state index contributed by atoms with van der Waals surface area (Å²) < 4.78 is 1.75. The molecule has 194 valence electrons. The van der Waals surface area contributed by atoms with E-state index >= 15 is 0 Å². The van der Waals surface area contributed by atoms with Crippen LogP contribution in [-0.2, 0) is 32.7 Å². The van der Waals surface area contributed by atoms with Gasteiger partial charge in [0.1, 0.15) is 0 Å². The molecule has 0 radical (unpaired) electrons. The van der Waals surface area contributed by atoms with Crippen LogP contribution in [0.25, 0.3) is 11.4 Å². The number of rotatable bonds is 6. The van der Waals surface area contributed by atoms with Crippen molar-refractivity contribution in [3.8, 4) is 11.4 Å². The molecule has 2 aliphatic rings. The Morgan fingerprint density at radius 2 is 1.81 bits per heavy atom. The molecule has 37 heavy (non-hydrogen) atoms. The normalized spacial score (nSPS) is 15.2. The maximum atomic E-state index is 13.5. The minimum Gasteiger partial charge on any atom is -0.465 e. The summed E-state index contributed by atoms with van der Waals surface area (Å²) in [5.41, 5.74) is 7.11. The van der Waals surface area contributed by atoms with E-state index in [0.29, 0.717) is 44.0 Å². The number of nitrogens with zero attached hydrogens (tertiary/aromatic N) is 5. The average Bonchev–Trinajstić information content (AvgIpc) is 3.26. The molecule has 5 rings (SSSR count). The summed E-state index contributed by atoms with van der Waals surface area (Å²) in [5.74, 6) is 0.311. The van der Waals surface area contributed by atoms with Crippen molar-refractivity contribution in [1.29, 1.82) is 0 Å². The fourth-order valence-corrected chi connectivity index (χ4v) is 5.38. The number of fused-ring (bicyclic) bond motifs is 3. The largest absolute Gasteiger partial charge is 0.465 e. The summed E-state index contributed by atoms with van der Waals surface area (Å²) in [7, 11) is 1.85. The van der Waals surface area contributed by atoms with E-state index in [1.165, 1.54) is 4.90 Å². The van der Waals surface area contributed by atoms with Crippen molar-refractivity contribution < 1.29 is 14.7 Å². The van der Waals surface area contributed by atoms with Gasteiger partial charge in [-0.15, -0.1) is 0 Å². The van der Waals surface area contributed by atoms with E-state index in [4.69, 9.17) is 4.98 Å². The van der Waals surface area contributed by atoms with Gasteiger partial charge in [-0.2, -0.15) is 5.10 Å². The van der Waals surface area contributed by atoms with E-state index in [2.05, 4.69) is 46.7 Å². The van der Waals surface area contributed by atoms with Crippen LogP contribution in [0.4, 0.5) is 16.4 Å². The zero-order valence-electron chi connectivity index (χ0n) is 21.5. The summed E-state index contributed by atoms with van der Waals surface area (Å²) in [5, 5.41) is 20.4. The molecule has 0 bridgehead atoms. The molecule has 2 amide bonds. The Bertz CT molecular complexity index is 1320. The minimum atomic E-state index is -0.879. The number of likely N-dealkylation sites (tertiary alicyclic amines) is 1. The molecule has 0 saturated carbocycles. The topological polar surface area (TPSA) is 125 Å². The summed E-state index contributed by atoms with van der Waals surface area (Å²) in [6.45, 7) is 5.15. The first-order valence-electron chi connectivity index (χ1n) is 13.0. The van der Waals surface area contributed by atoms with Gasteiger partial charge >= 0.3 is 6.09 Å². The molecule has 0 spiro atoms. The Hall–Kier alpha value is -3.95. The van der Waals surface area contributed by atoms with Crippen LogP contribution in [-0.4, -0.2) is 60.9 Å². The predicted octanol–water partition coefficient (Wildman–Crippen LogP) is 3.91. The SMILES string of the molecule is CCc1cccc(CC)c1NC(=O)c1nn(C)c2c1CCc1cnc(NC3CCN(C(=O)O)CC3)nc1-2. The molecular weight excluding hydrogens is 470 g/mol. The van der Waals surface area contributed by atoms with Gasteiger partial charge in [0.15, 0.2) is 5.69 Å². The summed E-state index contributed by atoms with van der Waals surface area (Å²) in [4.78, 5) is 35.4. The molecule has 2 aromatic heterocycles. The fraction of sp³-hybridized carbons (Fsp3) is 0.444. The second-order valence-electron chi connectivity index (χ2n) is 9.67. The first-order valence-corrected chi connectivity index (χ1v) is 13.0. The third-order valence-corrected chi connectivity index (χ3v) is 7.43. The third-order valence-electron chi connectivity index (χ3n) is 7.43. The Morgan fingerprint density at radius 3 is 2.46 bits per heavy atom. The number of carboxylic acid groups (broad SMARTS) is 1. The highest BCUT2D eigenvalue weighted by Gasteiger charge is 2.30. The molecule has 3 heterocycles. The Morgan fingerprint density at radius 1 is 1.11 bits per heavy atom. The zero-order valence-corrected chi connectivity index (χ0v) is 21.5. The summed E-state index contributed by atoms with van der Waals surface area (Å²) in [6.07, 6.45) is 5.46. The number of anilines is 2. The minimum absolute atomic E-state index is 0.107. The smallest absolute Gasteiger partial charge is 0.407 e. The maximum Gasteiger partial charge on any atom is 0.407 e. The summed E-state index contributed by atoms with van der Waals surface area (Å²) in [6, 6.07) is 6.25. The molecule has 1 aliphatic carbocycles. The number of carbonyl (C=O) groups is 2. The van der Waals surface area contributed by atoms with Crippen LogP contribution >= 0.6 is 0 Å². The number of hydrogen-bond acceptors (Lipinski definition) is 6. The number of benzene rings is 1. The number of carbonyl (C=O) groups excluding carboxylic acids is 1. The van der Waals surface area contributed by atoms with E-state index in [1.54, 1.807) is 4.68 Å². The van der Waals surface area contributed by atoms with Crippen molar-refractivity contribution >= 4 is 23.6 Å². The van der Waals surface area contributed by atoms with Crippen molar-refractivity contribution in [3.63, 3.8) is 0 Å². The van der Waals surface area contributed by atoms with Crippen LogP contribution in [0.2, 0.25) is 0 Å². The quantitative estimate of drug-likeness (QED) is 0.466. The highest BCUT2D eigenvalue weighted by molar-refractivity contribution is 6.05. The fourth-order valence-electron chi connectivity index (χ4n) is 5.38. The van der Waals surface area contributed by atoms with Crippen molar-refractivity contribution in [2.75, 3.05) is 23.7 Å². The highest BCUT2D eigenvalue weighted by Crippen LogP contribution is 2.35. The highest BCUT2D eigenvalue weighted by atomic mass is 16.4. The number of aromatic nitrogens is 4.